The third-order valence-corrected chi connectivity index (χ3v) is 2.82. The molecule has 0 heterocycles. The fourth-order valence-electron chi connectivity index (χ4n) is 1.46. The highest BCUT2D eigenvalue weighted by Crippen LogP contribution is 2.22. The molecule has 0 spiro atoms. The zero-order valence-corrected chi connectivity index (χ0v) is 8.37. The molecule has 0 aromatic rings. The zero-order valence-electron chi connectivity index (χ0n) is 6.85. The van der Waals surface area contributed by atoms with Gasteiger partial charge in [-0.05, 0) is 25.7 Å². The molecular formula is C8H13Cl2NO. The average Bonchev–Trinajstić information content (AvgIpc) is 2.09. The van der Waals surface area contributed by atoms with E-state index >= 15 is 0 Å². The minimum atomic E-state index is -0.0744. The van der Waals surface area contributed by atoms with Crippen LogP contribution in [0.4, 0.5) is 0 Å². The van der Waals surface area contributed by atoms with Gasteiger partial charge in [-0.15, -0.1) is 23.2 Å². The van der Waals surface area contributed by atoms with E-state index in [-0.39, 0.29) is 11.8 Å². The number of halogens is 2. The number of hydrogen-bond donors (Lipinski definition) is 1. The highest BCUT2D eigenvalue weighted by Gasteiger charge is 2.20. The molecule has 0 atom stereocenters. The SMILES string of the molecule is O=C(CCl)NC1CCC(Cl)CC1. The van der Waals surface area contributed by atoms with Crippen LogP contribution in [-0.2, 0) is 4.79 Å². The Morgan fingerprint density at radius 2 is 1.92 bits per heavy atom. The van der Waals surface area contributed by atoms with E-state index in [0.29, 0.717) is 11.4 Å². The summed E-state index contributed by atoms with van der Waals surface area (Å²) in [5.41, 5.74) is 0. The first-order chi connectivity index (χ1) is 5.72. The van der Waals surface area contributed by atoms with Crippen molar-refractivity contribution in [1.29, 1.82) is 0 Å². The van der Waals surface area contributed by atoms with E-state index in [0.717, 1.165) is 25.7 Å². The predicted octanol–water partition coefficient (Wildman–Crippen LogP) is 1.89. The molecule has 0 saturated heterocycles. The van der Waals surface area contributed by atoms with Gasteiger partial charge in [-0.1, -0.05) is 0 Å². The topological polar surface area (TPSA) is 29.1 Å². The third kappa shape index (κ3) is 3.20. The van der Waals surface area contributed by atoms with Crippen LogP contribution < -0.4 is 5.32 Å². The van der Waals surface area contributed by atoms with Crippen LogP contribution in [0.3, 0.4) is 0 Å². The second kappa shape index (κ2) is 4.93. The number of hydrogen-bond acceptors (Lipinski definition) is 1. The smallest absolute Gasteiger partial charge is 0.235 e. The van der Waals surface area contributed by atoms with Gasteiger partial charge in [-0.3, -0.25) is 4.79 Å². The van der Waals surface area contributed by atoms with E-state index in [1.807, 2.05) is 0 Å². The highest BCUT2D eigenvalue weighted by atomic mass is 35.5. The van der Waals surface area contributed by atoms with Gasteiger partial charge in [0.1, 0.15) is 5.88 Å². The minimum Gasteiger partial charge on any atom is -0.352 e. The Kier molecular flexibility index (Phi) is 4.16. The van der Waals surface area contributed by atoms with Crippen molar-refractivity contribution in [2.24, 2.45) is 0 Å². The first-order valence-electron chi connectivity index (χ1n) is 4.21. The number of carbonyl (C=O) groups excluding carboxylic acids is 1. The lowest BCUT2D eigenvalue weighted by atomic mass is 9.95. The lowest BCUT2D eigenvalue weighted by molar-refractivity contribution is -0.119. The predicted molar refractivity (Wildman–Crippen MR) is 50.8 cm³/mol. The van der Waals surface area contributed by atoms with Gasteiger partial charge >= 0.3 is 0 Å². The molecule has 12 heavy (non-hydrogen) atoms. The molecule has 4 heteroatoms. The normalized spacial score (nSPS) is 29.8. The van der Waals surface area contributed by atoms with Crippen LogP contribution >= 0.6 is 23.2 Å². The fourth-order valence-corrected chi connectivity index (χ4v) is 1.79. The maximum atomic E-state index is 10.9. The van der Waals surface area contributed by atoms with Crippen molar-refractivity contribution in [2.75, 3.05) is 5.88 Å². The maximum absolute atomic E-state index is 10.9. The van der Waals surface area contributed by atoms with Crippen LogP contribution in [0, 0.1) is 0 Å². The van der Waals surface area contributed by atoms with Gasteiger partial charge in [0.25, 0.3) is 0 Å². The molecular weight excluding hydrogens is 197 g/mol. The standard InChI is InChI=1S/C8H13Cl2NO/c9-5-8(12)11-7-3-1-6(10)2-4-7/h6-7H,1-5H2,(H,11,12). The van der Waals surface area contributed by atoms with Crippen LogP contribution in [0.1, 0.15) is 25.7 Å². The van der Waals surface area contributed by atoms with Gasteiger partial charge in [-0.25, -0.2) is 0 Å². The maximum Gasteiger partial charge on any atom is 0.235 e. The van der Waals surface area contributed by atoms with Crippen LogP contribution in [0.2, 0.25) is 0 Å². The number of carbonyl (C=O) groups is 1. The molecule has 0 aromatic heterocycles. The third-order valence-electron chi connectivity index (χ3n) is 2.14. The largest absolute Gasteiger partial charge is 0.352 e. The highest BCUT2D eigenvalue weighted by molar-refractivity contribution is 6.27. The summed E-state index contributed by atoms with van der Waals surface area (Å²) in [5.74, 6) is -0.0180. The number of nitrogens with one attached hydrogen (secondary N) is 1. The second-order valence-corrected chi connectivity index (χ2v) is 4.03. The van der Waals surface area contributed by atoms with Gasteiger partial charge < -0.3 is 5.32 Å². The summed E-state index contributed by atoms with van der Waals surface area (Å²) >= 11 is 11.3. The molecule has 0 aromatic carbocycles. The first-order valence-corrected chi connectivity index (χ1v) is 5.19. The summed E-state index contributed by atoms with van der Waals surface area (Å²) in [6.07, 6.45) is 3.96. The Morgan fingerprint density at radius 1 is 1.33 bits per heavy atom. The summed E-state index contributed by atoms with van der Waals surface area (Å²) in [6.45, 7) is 0. The van der Waals surface area contributed by atoms with Gasteiger partial charge in [-0.2, -0.15) is 0 Å². The molecule has 0 unspecified atom stereocenters. The molecule has 1 amide bonds. The Labute approximate surface area is 82.6 Å². The van der Waals surface area contributed by atoms with Crippen LogP contribution in [0.5, 0.6) is 0 Å². The lowest BCUT2D eigenvalue weighted by Crippen LogP contribution is -2.38. The zero-order chi connectivity index (χ0) is 8.97. The van der Waals surface area contributed by atoms with Crippen molar-refractivity contribution >= 4 is 29.1 Å². The fraction of sp³-hybridized carbons (Fsp3) is 0.875. The average molecular weight is 210 g/mol. The number of alkyl halides is 2. The molecule has 1 N–H and O–H groups in total. The van der Waals surface area contributed by atoms with Gasteiger partial charge in [0.15, 0.2) is 0 Å². The lowest BCUT2D eigenvalue weighted by Gasteiger charge is -2.25. The molecule has 1 saturated carbocycles. The van der Waals surface area contributed by atoms with Crippen molar-refractivity contribution in [2.45, 2.75) is 37.1 Å². The van der Waals surface area contributed by atoms with Crippen LogP contribution in [0.15, 0.2) is 0 Å². The molecule has 1 aliphatic rings. The van der Waals surface area contributed by atoms with E-state index in [1.54, 1.807) is 0 Å². The molecule has 1 aliphatic carbocycles. The van der Waals surface area contributed by atoms with Crippen molar-refractivity contribution in [3.05, 3.63) is 0 Å². The number of amides is 1. The molecule has 70 valence electrons. The van der Waals surface area contributed by atoms with E-state index in [2.05, 4.69) is 5.32 Å². The molecule has 2 nitrogen and oxygen atoms in total. The van der Waals surface area contributed by atoms with Gasteiger partial charge in [0.05, 0.1) is 0 Å². The monoisotopic (exact) mass is 209 g/mol. The van der Waals surface area contributed by atoms with Crippen molar-refractivity contribution in [3.8, 4) is 0 Å². The van der Waals surface area contributed by atoms with E-state index in [9.17, 15) is 4.79 Å². The van der Waals surface area contributed by atoms with Crippen molar-refractivity contribution in [1.82, 2.24) is 5.32 Å². The Bertz CT molecular complexity index is 155. The summed E-state index contributed by atoms with van der Waals surface area (Å²) in [6, 6.07) is 0.297. The van der Waals surface area contributed by atoms with Gasteiger partial charge in [0.2, 0.25) is 5.91 Å². The van der Waals surface area contributed by atoms with Crippen LogP contribution in [-0.4, -0.2) is 23.2 Å². The molecule has 0 aliphatic heterocycles. The van der Waals surface area contributed by atoms with E-state index < -0.39 is 0 Å². The Balaban J connectivity index is 2.21. The van der Waals surface area contributed by atoms with Crippen molar-refractivity contribution in [3.63, 3.8) is 0 Å². The Hall–Kier alpha value is 0.0500. The van der Waals surface area contributed by atoms with E-state index in [1.165, 1.54) is 0 Å². The van der Waals surface area contributed by atoms with Gasteiger partial charge in [0, 0.05) is 11.4 Å². The summed E-state index contributed by atoms with van der Waals surface area (Å²) in [5, 5.41) is 3.16. The Morgan fingerprint density at radius 3 is 2.42 bits per heavy atom. The quantitative estimate of drug-likeness (QED) is 0.693. The van der Waals surface area contributed by atoms with Crippen LogP contribution in [0.25, 0.3) is 0 Å². The summed E-state index contributed by atoms with van der Waals surface area (Å²) in [7, 11) is 0. The molecule has 0 bridgehead atoms. The summed E-state index contributed by atoms with van der Waals surface area (Å²) < 4.78 is 0. The number of rotatable bonds is 2. The molecule has 1 fully saturated rings. The van der Waals surface area contributed by atoms with E-state index in [4.69, 9.17) is 23.2 Å². The second-order valence-electron chi connectivity index (χ2n) is 3.15. The summed E-state index contributed by atoms with van der Waals surface area (Å²) in [4.78, 5) is 10.9. The molecule has 0 radical (unpaired) electrons. The molecule has 1 rings (SSSR count). The minimum absolute atomic E-state index is 0.0564. The van der Waals surface area contributed by atoms with Crippen molar-refractivity contribution < 1.29 is 4.79 Å². The first kappa shape index (κ1) is 10.1.